The number of fused-ring (bicyclic) bond motifs is 1. The Balaban J connectivity index is 1.63. The molecule has 0 radical (unpaired) electrons. The van der Waals surface area contributed by atoms with E-state index >= 15 is 0 Å². The van der Waals surface area contributed by atoms with Gasteiger partial charge in [-0.2, -0.15) is 10.2 Å². The summed E-state index contributed by atoms with van der Waals surface area (Å²) in [6, 6.07) is 10.3. The first-order valence-corrected chi connectivity index (χ1v) is 9.43. The maximum absolute atomic E-state index is 13.1. The summed E-state index contributed by atoms with van der Waals surface area (Å²) in [5, 5.41) is 9.43. The van der Waals surface area contributed by atoms with Crippen LogP contribution in [-0.2, 0) is 26.9 Å². The van der Waals surface area contributed by atoms with Crippen LogP contribution in [0.3, 0.4) is 0 Å². The van der Waals surface area contributed by atoms with Gasteiger partial charge in [-0.1, -0.05) is 41.9 Å². The number of nitrogens with zero attached hydrogens (tertiary/aromatic N) is 5. The van der Waals surface area contributed by atoms with Crippen LogP contribution >= 0.6 is 11.6 Å². The van der Waals surface area contributed by atoms with E-state index in [1.54, 1.807) is 11.7 Å². The number of rotatable bonds is 2. The molecule has 2 aromatic heterocycles. The average molecular weight is 384 g/mol. The lowest BCUT2D eigenvalue weighted by molar-refractivity contribution is 0.0752. The number of benzene rings is 1. The molecule has 4 rings (SSSR count). The molecule has 1 aromatic carbocycles. The van der Waals surface area contributed by atoms with Gasteiger partial charge >= 0.3 is 0 Å². The summed E-state index contributed by atoms with van der Waals surface area (Å²) in [6.07, 6.45) is 1.50. The van der Waals surface area contributed by atoms with E-state index in [4.69, 9.17) is 16.7 Å². The summed E-state index contributed by atoms with van der Waals surface area (Å²) in [6.45, 7) is 3.07. The Morgan fingerprint density at radius 1 is 1.04 bits per heavy atom. The minimum atomic E-state index is -0.0705. The van der Waals surface area contributed by atoms with Crippen LogP contribution < -0.4 is 0 Å². The number of carbonyl (C=O) groups is 1. The van der Waals surface area contributed by atoms with Crippen LogP contribution in [-0.4, -0.2) is 43.5 Å². The molecule has 1 amide bonds. The summed E-state index contributed by atoms with van der Waals surface area (Å²) >= 11 is 6.32. The SMILES string of the molecule is Cc1nn(C)c(C(=O)N2CCc3nn(C)c(-c4ccccc4)c3CC2)c1Cl. The van der Waals surface area contributed by atoms with Crippen molar-refractivity contribution in [3.63, 3.8) is 0 Å². The third kappa shape index (κ3) is 3.04. The molecular formula is C20H22ClN5O. The lowest BCUT2D eigenvalue weighted by Gasteiger charge is -2.20. The van der Waals surface area contributed by atoms with E-state index in [1.807, 2.05) is 41.8 Å². The Hall–Kier alpha value is -2.60. The molecule has 0 unspecified atom stereocenters. The van der Waals surface area contributed by atoms with Gasteiger partial charge in [0.2, 0.25) is 0 Å². The van der Waals surface area contributed by atoms with E-state index in [1.165, 1.54) is 5.56 Å². The first-order valence-electron chi connectivity index (χ1n) is 9.06. The molecule has 0 saturated heterocycles. The molecule has 0 atom stereocenters. The standard InChI is InChI=1S/C20H22ClN5O/c1-13-17(21)19(25(3)22-13)20(27)26-11-9-15-16(10-12-26)23-24(2)18(15)14-7-5-4-6-8-14/h4-8H,9-12H2,1-3H3. The monoisotopic (exact) mass is 383 g/mol. The molecule has 1 aliphatic rings. The molecule has 0 fully saturated rings. The summed E-state index contributed by atoms with van der Waals surface area (Å²) in [5.74, 6) is -0.0705. The second-order valence-electron chi connectivity index (χ2n) is 6.93. The molecule has 6 nitrogen and oxygen atoms in total. The number of hydrogen-bond donors (Lipinski definition) is 0. The fraction of sp³-hybridized carbons (Fsp3) is 0.350. The summed E-state index contributed by atoms with van der Waals surface area (Å²) in [7, 11) is 3.74. The third-order valence-corrected chi connectivity index (χ3v) is 5.62. The highest BCUT2D eigenvalue weighted by Gasteiger charge is 2.28. The molecule has 0 spiro atoms. The van der Waals surface area contributed by atoms with Crippen molar-refractivity contribution in [3.05, 3.63) is 58.0 Å². The van der Waals surface area contributed by atoms with Gasteiger partial charge in [-0.3, -0.25) is 14.2 Å². The van der Waals surface area contributed by atoms with Crippen LogP contribution in [0.5, 0.6) is 0 Å². The molecular weight excluding hydrogens is 362 g/mol. The van der Waals surface area contributed by atoms with E-state index in [0.29, 0.717) is 29.5 Å². The Bertz CT molecular complexity index is 1010. The van der Waals surface area contributed by atoms with Crippen LogP contribution in [0.1, 0.15) is 27.4 Å². The van der Waals surface area contributed by atoms with E-state index in [-0.39, 0.29) is 5.91 Å². The topological polar surface area (TPSA) is 56.0 Å². The van der Waals surface area contributed by atoms with Crippen molar-refractivity contribution in [1.82, 2.24) is 24.5 Å². The molecule has 0 N–H and O–H groups in total. The Morgan fingerprint density at radius 2 is 1.74 bits per heavy atom. The van der Waals surface area contributed by atoms with Crippen molar-refractivity contribution in [3.8, 4) is 11.3 Å². The molecule has 3 aromatic rings. The van der Waals surface area contributed by atoms with Crippen molar-refractivity contribution in [2.75, 3.05) is 13.1 Å². The third-order valence-electron chi connectivity index (χ3n) is 5.16. The molecule has 140 valence electrons. The highest BCUT2D eigenvalue weighted by atomic mass is 35.5. The predicted molar refractivity (Wildman–Crippen MR) is 105 cm³/mol. The maximum atomic E-state index is 13.1. The maximum Gasteiger partial charge on any atom is 0.273 e. The predicted octanol–water partition coefficient (Wildman–Crippen LogP) is 3.02. The normalized spacial score (nSPS) is 14.1. The van der Waals surface area contributed by atoms with Crippen molar-refractivity contribution in [1.29, 1.82) is 0 Å². The number of halogens is 1. The largest absolute Gasteiger partial charge is 0.337 e. The molecule has 1 aliphatic heterocycles. The minimum Gasteiger partial charge on any atom is -0.337 e. The van der Waals surface area contributed by atoms with Crippen LogP contribution in [0, 0.1) is 6.92 Å². The zero-order chi connectivity index (χ0) is 19.1. The van der Waals surface area contributed by atoms with Crippen LogP contribution in [0.25, 0.3) is 11.3 Å². The molecule has 7 heteroatoms. The Morgan fingerprint density at radius 3 is 2.41 bits per heavy atom. The summed E-state index contributed by atoms with van der Waals surface area (Å²) in [5.41, 5.74) is 5.71. The minimum absolute atomic E-state index is 0.0705. The number of hydrogen-bond acceptors (Lipinski definition) is 3. The molecule has 3 heterocycles. The van der Waals surface area contributed by atoms with E-state index in [9.17, 15) is 4.79 Å². The van der Waals surface area contributed by atoms with Gasteiger partial charge in [-0.15, -0.1) is 0 Å². The van der Waals surface area contributed by atoms with Crippen molar-refractivity contribution >= 4 is 17.5 Å². The van der Waals surface area contributed by atoms with E-state index in [2.05, 4.69) is 17.2 Å². The smallest absolute Gasteiger partial charge is 0.273 e. The summed E-state index contributed by atoms with van der Waals surface area (Å²) < 4.78 is 3.53. The quantitative estimate of drug-likeness (QED) is 0.683. The van der Waals surface area contributed by atoms with Gasteiger partial charge in [0.05, 0.1) is 22.1 Å². The highest BCUT2D eigenvalue weighted by Crippen LogP contribution is 2.29. The fourth-order valence-corrected chi connectivity index (χ4v) is 4.10. The zero-order valence-electron chi connectivity index (χ0n) is 15.7. The Kier molecular flexibility index (Phi) is 4.52. The van der Waals surface area contributed by atoms with Gasteiger partial charge in [0.1, 0.15) is 5.69 Å². The second-order valence-corrected chi connectivity index (χ2v) is 7.31. The molecule has 27 heavy (non-hydrogen) atoms. The number of amides is 1. The molecule has 0 bridgehead atoms. The number of aryl methyl sites for hydroxylation is 3. The Labute approximate surface area is 163 Å². The molecule has 0 saturated carbocycles. The lowest BCUT2D eigenvalue weighted by atomic mass is 10.0. The van der Waals surface area contributed by atoms with Crippen molar-refractivity contribution in [2.45, 2.75) is 19.8 Å². The van der Waals surface area contributed by atoms with Crippen molar-refractivity contribution in [2.24, 2.45) is 14.1 Å². The lowest BCUT2D eigenvalue weighted by Crippen LogP contribution is -2.34. The van der Waals surface area contributed by atoms with Gasteiger partial charge in [0.15, 0.2) is 0 Å². The highest BCUT2D eigenvalue weighted by molar-refractivity contribution is 6.34. The van der Waals surface area contributed by atoms with Gasteiger partial charge in [0, 0.05) is 44.7 Å². The van der Waals surface area contributed by atoms with E-state index in [0.717, 1.165) is 29.8 Å². The van der Waals surface area contributed by atoms with Crippen LogP contribution in [0.15, 0.2) is 30.3 Å². The van der Waals surface area contributed by atoms with Crippen LogP contribution in [0.4, 0.5) is 0 Å². The second kappa shape index (κ2) is 6.85. The van der Waals surface area contributed by atoms with Crippen molar-refractivity contribution < 1.29 is 4.79 Å². The first kappa shape index (κ1) is 17.8. The zero-order valence-corrected chi connectivity index (χ0v) is 16.5. The average Bonchev–Trinajstić information content (AvgIpc) is 3.00. The number of carbonyl (C=O) groups excluding carboxylic acids is 1. The summed E-state index contributed by atoms with van der Waals surface area (Å²) in [4.78, 5) is 14.9. The first-order chi connectivity index (χ1) is 13.0. The van der Waals surface area contributed by atoms with Gasteiger partial charge in [-0.05, 0) is 13.3 Å². The van der Waals surface area contributed by atoms with Gasteiger partial charge in [0.25, 0.3) is 5.91 Å². The molecule has 0 aliphatic carbocycles. The fourth-order valence-electron chi connectivity index (χ4n) is 3.86. The van der Waals surface area contributed by atoms with Gasteiger partial charge in [-0.25, -0.2) is 0 Å². The van der Waals surface area contributed by atoms with Gasteiger partial charge < -0.3 is 4.90 Å². The number of aromatic nitrogens is 4. The van der Waals surface area contributed by atoms with E-state index < -0.39 is 0 Å². The van der Waals surface area contributed by atoms with Crippen LogP contribution in [0.2, 0.25) is 5.02 Å².